The van der Waals surface area contributed by atoms with Crippen molar-refractivity contribution in [2.24, 2.45) is 5.41 Å². The number of aromatic nitrogens is 3. The van der Waals surface area contributed by atoms with Crippen LogP contribution in [-0.4, -0.2) is 14.8 Å². The van der Waals surface area contributed by atoms with Gasteiger partial charge in [-0.1, -0.05) is 44.2 Å². The smallest absolute Gasteiger partial charge is 0.162 e. The van der Waals surface area contributed by atoms with E-state index < -0.39 is 6.17 Å². The van der Waals surface area contributed by atoms with Crippen molar-refractivity contribution in [3.8, 4) is 0 Å². The first-order chi connectivity index (χ1) is 9.56. The van der Waals surface area contributed by atoms with Crippen molar-refractivity contribution < 1.29 is 4.39 Å². The highest BCUT2D eigenvalue weighted by Gasteiger charge is 2.50. The summed E-state index contributed by atoms with van der Waals surface area (Å²) in [6, 6.07) is 10.0. The lowest BCUT2D eigenvalue weighted by Crippen LogP contribution is -2.08. The molecule has 1 aliphatic carbocycles. The van der Waals surface area contributed by atoms with E-state index >= 15 is 0 Å². The number of halogens is 1. The maximum Gasteiger partial charge on any atom is 0.162 e. The minimum atomic E-state index is -0.997. The molecule has 0 N–H and O–H groups in total. The second kappa shape index (κ2) is 3.90. The molecule has 4 rings (SSSR count). The Morgan fingerprint density at radius 2 is 1.95 bits per heavy atom. The molecule has 1 aliphatic heterocycles. The summed E-state index contributed by atoms with van der Waals surface area (Å²) < 4.78 is 16.0. The Morgan fingerprint density at radius 1 is 1.25 bits per heavy atom. The predicted molar refractivity (Wildman–Crippen MR) is 74.2 cm³/mol. The van der Waals surface area contributed by atoms with Gasteiger partial charge >= 0.3 is 0 Å². The predicted octanol–water partition coefficient (Wildman–Crippen LogP) is 3.80. The minimum absolute atomic E-state index is 0.00990. The van der Waals surface area contributed by atoms with Gasteiger partial charge in [0.25, 0.3) is 0 Å². The maximum absolute atomic E-state index is 14.2. The van der Waals surface area contributed by atoms with Crippen molar-refractivity contribution >= 4 is 0 Å². The molecule has 4 heteroatoms. The molecule has 0 spiro atoms. The van der Waals surface area contributed by atoms with Gasteiger partial charge in [-0.2, -0.15) is 5.10 Å². The first-order valence-corrected chi connectivity index (χ1v) is 7.21. The van der Waals surface area contributed by atoms with E-state index in [1.807, 2.05) is 35.0 Å². The molecular formula is C16H18FN3. The Bertz CT molecular complexity index is 647. The van der Waals surface area contributed by atoms with E-state index in [9.17, 15) is 4.39 Å². The van der Waals surface area contributed by atoms with Crippen LogP contribution in [0, 0.1) is 5.41 Å². The minimum Gasteiger partial charge on any atom is -0.239 e. The number of rotatable bonds is 2. The van der Waals surface area contributed by atoms with Gasteiger partial charge in [-0.25, -0.2) is 14.1 Å². The van der Waals surface area contributed by atoms with Crippen LogP contribution in [0.4, 0.5) is 4.39 Å². The van der Waals surface area contributed by atoms with Gasteiger partial charge < -0.3 is 0 Å². The van der Waals surface area contributed by atoms with E-state index in [2.05, 4.69) is 23.9 Å². The molecule has 0 bridgehead atoms. The molecule has 1 aromatic carbocycles. The molecule has 0 amide bonds. The van der Waals surface area contributed by atoms with Gasteiger partial charge in [0.05, 0.1) is 6.04 Å². The Balaban J connectivity index is 1.72. The molecule has 0 saturated heterocycles. The molecule has 1 saturated carbocycles. The largest absolute Gasteiger partial charge is 0.239 e. The summed E-state index contributed by atoms with van der Waals surface area (Å²) in [6.45, 7) is 4.43. The van der Waals surface area contributed by atoms with E-state index in [1.54, 1.807) is 0 Å². The molecule has 1 fully saturated rings. The highest BCUT2D eigenvalue weighted by Crippen LogP contribution is 2.58. The fourth-order valence-electron chi connectivity index (χ4n) is 3.20. The van der Waals surface area contributed by atoms with Gasteiger partial charge in [-0.3, -0.25) is 0 Å². The van der Waals surface area contributed by atoms with Crippen LogP contribution in [0.25, 0.3) is 0 Å². The SMILES string of the molecule is CC1(C)CC1c1nc2n(n1)C(c1ccccc1)CC2F. The summed E-state index contributed by atoms with van der Waals surface area (Å²) in [5.41, 5.74) is 1.39. The molecule has 3 atom stereocenters. The second-order valence-electron chi connectivity index (χ2n) is 6.65. The molecule has 0 radical (unpaired) electrons. The summed E-state index contributed by atoms with van der Waals surface area (Å²) in [6.07, 6.45) is 0.556. The lowest BCUT2D eigenvalue weighted by molar-refractivity contribution is 0.327. The van der Waals surface area contributed by atoms with Crippen LogP contribution in [0.5, 0.6) is 0 Å². The molecule has 3 nitrogen and oxygen atoms in total. The number of hydrogen-bond donors (Lipinski definition) is 0. The molecule has 3 unspecified atom stereocenters. The number of hydrogen-bond acceptors (Lipinski definition) is 2. The third kappa shape index (κ3) is 1.70. The zero-order valence-electron chi connectivity index (χ0n) is 11.8. The second-order valence-corrected chi connectivity index (χ2v) is 6.65. The Kier molecular flexibility index (Phi) is 2.35. The van der Waals surface area contributed by atoms with Crippen molar-refractivity contribution in [3.63, 3.8) is 0 Å². The van der Waals surface area contributed by atoms with Crippen LogP contribution in [-0.2, 0) is 0 Å². The van der Waals surface area contributed by atoms with E-state index in [-0.39, 0.29) is 11.5 Å². The Labute approximate surface area is 117 Å². The van der Waals surface area contributed by atoms with E-state index in [4.69, 9.17) is 0 Å². The number of alkyl halides is 1. The van der Waals surface area contributed by atoms with Crippen molar-refractivity contribution in [2.75, 3.05) is 0 Å². The molecule has 104 valence electrons. The lowest BCUT2D eigenvalue weighted by Gasteiger charge is -2.11. The van der Waals surface area contributed by atoms with Crippen LogP contribution in [0.3, 0.4) is 0 Å². The molecular weight excluding hydrogens is 253 g/mol. The summed E-state index contributed by atoms with van der Waals surface area (Å²) in [7, 11) is 0. The Hall–Kier alpha value is -1.71. The first kappa shape index (κ1) is 12.1. The third-order valence-corrected chi connectivity index (χ3v) is 4.69. The van der Waals surface area contributed by atoms with Gasteiger partial charge in [-0.05, 0) is 17.4 Å². The van der Waals surface area contributed by atoms with Crippen LogP contribution in [0.1, 0.15) is 62.0 Å². The Morgan fingerprint density at radius 3 is 2.60 bits per heavy atom. The summed E-state index contributed by atoms with van der Waals surface area (Å²) in [4.78, 5) is 4.48. The molecule has 2 aromatic rings. The maximum atomic E-state index is 14.2. The molecule has 2 heterocycles. The summed E-state index contributed by atoms with van der Waals surface area (Å²) in [5, 5.41) is 4.62. The van der Waals surface area contributed by atoms with Crippen LogP contribution < -0.4 is 0 Å². The normalized spacial score (nSPS) is 30.2. The third-order valence-electron chi connectivity index (χ3n) is 4.69. The first-order valence-electron chi connectivity index (χ1n) is 7.21. The van der Waals surface area contributed by atoms with Gasteiger partial charge in [0, 0.05) is 12.3 Å². The van der Waals surface area contributed by atoms with E-state index in [0.29, 0.717) is 18.2 Å². The zero-order valence-corrected chi connectivity index (χ0v) is 11.8. The number of fused-ring (bicyclic) bond motifs is 1. The van der Waals surface area contributed by atoms with Crippen LogP contribution in [0.15, 0.2) is 30.3 Å². The fourth-order valence-corrected chi connectivity index (χ4v) is 3.20. The van der Waals surface area contributed by atoms with Gasteiger partial charge in [0.1, 0.15) is 0 Å². The zero-order chi connectivity index (χ0) is 13.9. The number of nitrogens with zero attached hydrogens (tertiary/aromatic N) is 3. The molecule has 20 heavy (non-hydrogen) atoms. The van der Waals surface area contributed by atoms with Crippen molar-refractivity contribution in [1.82, 2.24) is 14.8 Å². The summed E-state index contributed by atoms with van der Waals surface area (Å²) >= 11 is 0. The van der Waals surface area contributed by atoms with Crippen molar-refractivity contribution in [3.05, 3.63) is 47.5 Å². The summed E-state index contributed by atoms with van der Waals surface area (Å²) in [5.74, 6) is 1.73. The fraction of sp³-hybridized carbons (Fsp3) is 0.500. The monoisotopic (exact) mass is 271 g/mol. The van der Waals surface area contributed by atoms with Gasteiger partial charge in [0.2, 0.25) is 0 Å². The quantitative estimate of drug-likeness (QED) is 0.832. The average Bonchev–Trinajstić information content (AvgIpc) is 2.80. The van der Waals surface area contributed by atoms with Crippen molar-refractivity contribution in [2.45, 2.75) is 44.8 Å². The highest BCUT2D eigenvalue weighted by atomic mass is 19.1. The number of benzene rings is 1. The van der Waals surface area contributed by atoms with E-state index in [1.165, 1.54) is 0 Å². The van der Waals surface area contributed by atoms with Crippen molar-refractivity contribution in [1.29, 1.82) is 0 Å². The van der Waals surface area contributed by atoms with Crippen LogP contribution >= 0.6 is 0 Å². The van der Waals surface area contributed by atoms with Gasteiger partial charge in [0.15, 0.2) is 17.8 Å². The molecule has 2 aliphatic rings. The standard InChI is InChI=1S/C16H18FN3/c1-16(2)9-11(16)14-18-15-12(17)8-13(20(15)19-14)10-6-4-3-5-7-10/h3-7,11-13H,8-9H2,1-2H3. The van der Waals surface area contributed by atoms with E-state index in [0.717, 1.165) is 17.8 Å². The lowest BCUT2D eigenvalue weighted by atomic mass is 10.0. The molecule has 1 aromatic heterocycles. The average molecular weight is 271 g/mol. The topological polar surface area (TPSA) is 30.7 Å². The highest BCUT2D eigenvalue weighted by molar-refractivity contribution is 5.25. The van der Waals surface area contributed by atoms with Crippen LogP contribution in [0.2, 0.25) is 0 Å². The van der Waals surface area contributed by atoms with Gasteiger partial charge in [-0.15, -0.1) is 0 Å².